The molecule has 0 fully saturated rings. The SMILES string of the molecule is NC(Cc1c[nH]c2ccccc12)C(=O)NC(Cc1cnc[nH]1)C(=O)NC(Cc1ccc(O)cc1)C(=O)NC(CS)C(=O)O. The molecule has 14 heteroatoms. The van der Waals surface area contributed by atoms with Crippen LogP contribution in [0.1, 0.15) is 16.8 Å². The van der Waals surface area contributed by atoms with Crippen molar-refractivity contribution in [1.82, 2.24) is 30.9 Å². The summed E-state index contributed by atoms with van der Waals surface area (Å²) in [5.41, 5.74) is 9.14. The molecule has 2 heterocycles. The summed E-state index contributed by atoms with van der Waals surface area (Å²) in [6.45, 7) is 0. The smallest absolute Gasteiger partial charge is 0.327 e. The summed E-state index contributed by atoms with van der Waals surface area (Å²) in [6.07, 6.45) is 4.91. The van der Waals surface area contributed by atoms with Crippen LogP contribution in [-0.4, -0.2) is 78.8 Å². The fraction of sp³-hybridized carbons (Fsp3) is 0.276. The lowest BCUT2D eigenvalue weighted by atomic mass is 10.0. The lowest BCUT2D eigenvalue weighted by Crippen LogP contribution is -2.58. The number of carbonyl (C=O) groups is 4. The highest BCUT2D eigenvalue weighted by Gasteiger charge is 2.31. The molecule has 4 atom stereocenters. The molecule has 4 rings (SSSR count). The van der Waals surface area contributed by atoms with E-state index in [2.05, 4.69) is 43.5 Å². The number of aromatic amines is 2. The van der Waals surface area contributed by atoms with E-state index >= 15 is 0 Å². The number of imidazole rings is 1. The number of nitrogens with one attached hydrogen (secondary N) is 5. The number of phenolic OH excluding ortho intramolecular Hbond substituents is 1. The predicted molar refractivity (Wildman–Crippen MR) is 161 cm³/mol. The van der Waals surface area contributed by atoms with Gasteiger partial charge in [0.2, 0.25) is 17.7 Å². The fourth-order valence-corrected chi connectivity index (χ4v) is 4.79. The van der Waals surface area contributed by atoms with E-state index in [0.717, 1.165) is 16.5 Å². The Hall–Kier alpha value is -4.82. The molecule has 0 aliphatic carbocycles. The van der Waals surface area contributed by atoms with Crippen LogP contribution in [0.2, 0.25) is 0 Å². The number of carbonyl (C=O) groups excluding carboxylic acids is 3. The molecule has 0 spiro atoms. The van der Waals surface area contributed by atoms with Crippen molar-refractivity contribution in [3.05, 3.63) is 84.1 Å². The number of carboxylic acid groups (broad SMARTS) is 1. The van der Waals surface area contributed by atoms with Crippen LogP contribution in [0, 0.1) is 0 Å². The number of rotatable bonds is 14. The maximum absolute atomic E-state index is 13.6. The number of phenols is 1. The van der Waals surface area contributed by atoms with Crippen molar-refractivity contribution in [2.75, 3.05) is 5.75 Å². The number of thiol groups is 1. The standard InChI is InChI=1S/C29H33N7O6S/c30-21(10-17-12-32-22-4-2-1-3-20(17)22)26(38)34-24(11-18-13-31-15-33-18)28(40)35-23(9-16-5-7-19(37)8-6-16)27(39)36-25(14-43)29(41)42/h1-8,12-13,15,21,23-25,32,37,43H,9-11,14,30H2,(H,31,33)(H,34,38)(H,35,40)(H,36,39)(H,41,42). The molecule has 13 nitrogen and oxygen atoms in total. The Kier molecular flexibility index (Phi) is 10.4. The Morgan fingerprint density at radius 1 is 0.860 bits per heavy atom. The molecule has 0 radical (unpaired) electrons. The van der Waals surface area contributed by atoms with Crippen molar-refractivity contribution in [1.29, 1.82) is 0 Å². The predicted octanol–water partition coefficient (Wildman–Crippen LogP) is 0.421. The van der Waals surface area contributed by atoms with Crippen LogP contribution in [0.15, 0.2) is 67.3 Å². The molecule has 2 aromatic heterocycles. The number of aromatic hydroxyl groups is 1. The Balaban J connectivity index is 1.52. The van der Waals surface area contributed by atoms with E-state index in [1.807, 2.05) is 24.3 Å². The summed E-state index contributed by atoms with van der Waals surface area (Å²) in [5, 5.41) is 27.7. The summed E-state index contributed by atoms with van der Waals surface area (Å²) in [4.78, 5) is 61.5. The maximum Gasteiger partial charge on any atom is 0.327 e. The van der Waals surface area contributed by atoms with Crippen molar-refractivity contribution in [3.8, 4) is 5.75 Å². The zero-order valence-electron chi connectivity index (χ0n) is 23.0. The van der Waals surface area contributed by atoms with Gasteiger partial charge in [0.1, 0.15) is 23.9 Å². The zero-order chi connectivity index (χ0) is 30.9. The number of nitrogens with zero attached hydrogens (tertiary/aromatic N) is 1. The summed E-state index contributed by atoms with van der Waals surface area (Å²) in [6, 6.07) is 8.95. The second-order valence-electron chi connectivity index (χ2n) is 10.0. The van der Waals surface area contributed by atoms with Gasteiger partial charge in [0.25, 0.3) is 0 Å². The number of hydrogen-bond acceptors (Lipinski definition) is 8. The number of carboxylic acids is 1. The van der Waals surface area contributed by atoms with E-state index in [1.54, 1.807) is 18.3 Å². The van der Waals surface area contributed by atoms with Crippen LogP contribution < -0.4 is 21.7 Å². The minimum Gasteiger partial charge on any atom is -0.508 e. The van der Waals surface area contributed by atoms with Gasteiger partial charge in [0.05, 0.1) is 12.4 Å². The number of hydrogen-bond donors (Lipinski definition) is 9. The highest BCUT2D eigenvalue weighted by molar-refractivity contribution is 7.80. The molecule has 2 aromatic carbocycles. The first-order valence-corrected chi connectivity index (χ1v) is 14.1. The molecule has 226 valence electrons. The van der Waals surface area contributed by atoms with Crippen molar-refractivity contribution in [3.63, 3.8) is 0 Å². The average Bonchev–Trinajstić information content (AvgIpc) is 3.66. The van der Waals surface area contributed by atoms with Crippen LogP contribution in [-0.2, 0) is 38.4 Å². The fourth-order valence-electron chi connectivity index (χ4n) is 4.54. The minimum atomic E-state index is -1.29. The number of aromatic nitrogens is 3. The van der Waals surface area contributed by atoms with Gasteiger partial charge in [-0.3, -0.25) is 14.4 Å². The monoisotopic (exact) mass is 607 g/mol. The van der Waals surface area contributed by atoms with E-state index in [0.29, 0.717) is 11.3 Å². The van der Waals surface area contributed by atoms with Gasteiger partial charge >= 0.3 is 5.97 Å². The maximum atomic E-state index is 13.6. The highest BCUT2D eigenvalue weighted by atomic mass is 32.1. The molecule has 0 saturated carbocycles. The number of fused-ring (bicyclic) bond motifs is 1. The van der Waals surface area contributed by atoms with Crippen molar-refractivity contribution < 1.29 is 29.4 Å². The molecule has 43 heavy (non-hydrogen) atoms. The van der Waals surface area contributed by atoms with Gasteiger partial charge in [-0.15, -0.1) is 0 Å². The number of H-pyrrole nitrogens is 2. The molecule has 0 aliphatic rings. The molecule has 0 saturated heterocycles. The first-order valence-electron chi connectivity index (χ1n) is 13.4. The average molecular weight is 608 g/mol. The molecule has 4 aromatic rings. The van der Waals surface area contributed by atoms with Crippen molar-refractivity contribution in [2.45, 2.75) is 43.4 Å². The molecular formula is C29H33N7O6S. The van der Waals surface area contributed by atoms with E-state index in [-0.39, 0.29) is 30.8 Å². The first-order chi connectivity index (χ1) is 20.6. The van der Waals surface area contributed by atoms with E-state index < -0.39 is 47.9 Å². The Labute approximate surface area is 252 Å². The summed E-state index contributed by atoms with van der Waals surface area (Å²) in [5.74, 6) is -3.48. The molecule has 0 bridgehead atoms. The van der Waals surface area contributed by atoms with E-state index in [1.165, 1.54) is 24.7 Å². The number of aliphatic carboxylic acids is 1. The van der Waals surface area contributed by atoms with Gasteiger partial charge in [-0.05, 0) is 35.7 Å². The number of nitrogens with two attached hydrogens (primary N) is 1. The Morgan fingerprint density at radius 3 is 2.16 bits per heavy atom. The van der Waals surface area contributed by atoms with Gasteiger partial charge in [-0.1, -0.05) is 30.3 Å². The molecule has 0 aliphatic heterocycles. The Bertz CT molecular complexity index is 1560. The Morgan fingerprint density at radius 2 is 1.51 bits per heavy atom. The minimum absolute atomic E-state index is 0.0132. The number of benzene rings is 2. The van der Waals surface area contributed by atoms with Gasteiger partial charge in [0.15, 0.2) is 0 Å². The topological polar surface area (TPSA) is 215 Å². The molecule has 3 amide bonds. The number of para-hydroxylation sites is 1. The summed E-state index contributed by atoms with van der Waals surface area (Å²) in [7, 11) is 0. The lowest BCUT2D eigenvalue weighted by molar-refractivity contribution is -0.141. The molecular weight excluding hydrogens is 574 g/mol. The van der Waals surface area contributed by atoms with Crippen LogP contribution in [0.3, 0.4) is 0 Å². The van der Waals surface area contributed by atoms with Crippen LogP contribution in [0.5, 0.6) is 5.75 Å². The summed E-state index contributed by atoms with van der Waals surface area (Å²) >= 11 is 3.99. The molecule has 4 unspecified atom stereocenters. The van der Waals surface area contributed by atoms with Gasteiger partial charge < -0.3 is 41.9 Å². The van der Waals surface area contributed by atoms with Crippen LogP contribution in [0.4, 0.5) is 0 Å². The number of amides is 3. The van der Waals surface area contributed by atoms with Crippen molar-refractivity contribution >= 4 is 47.2 Å². The lowest BCUT2D eigenvalue weighted by Gasteiger charge is -2.25. The summed E-state index contributed by atoms with van der Waals surface area (Å²) < 4.78 is 0. The van der Waals surface area contributed by atoms with Crippen LogP contribution in [0.25, 0.3) is 10.9 Å². The van der Waals surface area contributed by atoms with Gasteiger partial charge in [-0.2, -0.15) is 12.6 Å². The normalized spacial score (nSPS) is 13.9. The quantitative estimate of drug-likeness (QED) is 0.0914. The second kappa shape index (κ2) is 14.4. The third-order valence-electron chi connectivity index (χ3n) is 6.87. The highest BCUT2D eigenvalue weighted by Crippen LogP contribution is 2.19. The third-order valence-corrected chi connectivity index (χ3v) is 7.23. The first kappa shape index (κ1) is 31.1. The van der Waals surface area contributed by atoms with E-state index in [9.17, 15) is 29.4 Å². The van der Waals surface area contributed by atoms with Gasteiger partial charge in [0, 0.05) is 47.6 Å². The van der Waals surface area contributed by atoms with Crippen LogP contribution >= 0.6 is 12.6 Å². The van der Waals surface area contributed by atoms with Crippen molar-refractivity contribution in [2.24, 2.45) is 5.73 Å². The largest absolute Gasteiger partial charge is 0.508 e. The second-order valence-corrected chi connectivity index (χ2v) is 10.4. The van der Waals surface area contributed by atoms with E-state index in [4.69, 9.17) is 5.73 Å². The van der Waals surface area contributed by atoms with Gasteiger partial charge in [-0.25, -0.2) is 9.78 Å². The molecule has 9 N–H and O–H groups in total. The zero-order valence-corrected chi connectivity index (χ0v) is 23.9. The third kappa shape index (κ3) is 8.36.